The number of nitrogens with one attached hydrogen (secondary N) is 2. The zero-order valence-corrected chi connectivity index (χ0v) is 15.4. The molecule has 0 radical (unpaired) electrons. The fraction of sp³-hybridized carbons (Fsp3) is 0.267. The SMILES string of the molecule is O=C(O)C[C@H](NC(=O)CCOC1=C(S(=O)(=O)c2ccccc2)N([O-])ON1)C(=O)O. The fourth-order valence-corrected chi connectivity index (χ4v) is 3.48. The van der Waals surface area contributed by atoms with Gasteiger partial charge in [-0.25, -0.2) is 18.7 Å². The molecular formula is C15H16N3O10S-. The molecule has 0 fully saturated rings. The molecule has 1 heterocycles. The van der Waals surface area contributed by atoms with Gasteiger partial charge >= 0.3 is 11.9 Å². The maximum atomic E-state index is 12.6. The van der Waals surface area contributed by atoms with Crippen molar-refractivity contribution in [1.29, 1.82) is 0 Å². The number of nitrogens with zero attached hydrogens (tertiary/aromatic N) is 1. The molecule has 0 saturated carbocycles. The van der Waals surface area contributed by atoms with E-state index in [-0.39, 0.29) is 10.1 Å². The van der Waals surface area contributed by atoms with Gasteiger partial charge in [0.25, 0.3) is 5.88 Å². The molecule has 0 spiro atoms. The first-order valence-corrected chi connectivity index (χ1v) is 9.42. The van der Waals surface area contributed by atoms with Crippen LogP contribution in [-0.4, -0.2) is 54.4 Å². The molecule has 4 N–H and O–H groups in total. The number of hydroxylamine groups is 3. The first-order chi connectivity index (χ1) is 13.6. The van der Waals surface area contributed by atoms with E-state index >= 15 is 0 Å². The Balaban J connectivity index is 2.04. The molecule has 0 aromatic heterocycles. The van der Waals surface area contributed by atoms with Crippen molar-refractivity contribution in [3.05, 3.63) is 46.5 Å². The maximum Gasteiger partial charge on any atom is 0.326 e. The highest BCUT2D eigenvalue weighted by Crippen LogP contribution is 2.27. The van der Waals surface area contributed by atoms with Gasteiger partial charge in [-0.15, -0.1) is 0 Å². The van der Waals surface area contributed by atoms with Gasteiger partial charge in [0.2, 0.25) is 20.8 Å². The molecular weight excluding hydrogens is 414 g/mol. The standard InChI is InChI=1S/C15H16N3O10S/c19-11(16-10(15(22)23)8-12(20)21)6-7-27-13-14(18(24)28-17-13)29(25,26)9-4-2-1-3-5-9/h1-5,10,17H,6-8H2,(H,16,19)(H,20,21)(H,22,23)/q-1/t10-/m0/s1. The van der Waals surface area contributed by atoms with Crippen molar-refractivity contribution in [2.75, 3.05) is 6.61 Å². The van der Waals surface area contributed by atoms with Crippen molar-refractivity contribution in [1.82, 2.24) is 16.0 Å². The summed E-state index contributed by atoms with van der Waals surface area (Å²) in [6.45, 7) is -0.460. The third kappa shape index (κ3) is 5.56. The molecule has 13 nitrogen and oxygen atoms in total. The van der Waals surface area contributed by atoms with Crippen LogP contribution < -0.4 is 10.8 Å². The molecule has 0 unspecified atom stereocenters. The van der Waals surface area contributed by atoms with Crippen LogP contribution >= 0.6 is 0 Å². The molecule has 1 aliphatic heterocycles. The Hall–Kier alpha value is -3.36. The number of carbonyl (C=O) groups excluding carboxylic acids is 1. The van der Waals surface area contributed by atoms with Crippen LogP contribution in [0.2, 0.25) is 0 Å². The van der Waals surface area contributed by atoms with Gasteiger partial charge in [0.1, 0.15) is 6.04 Å². The number of rotatable bonds is 10. The predicted octanol–water partition coefficient (Wildman–Crippen LogP) is -0.713. The number of benzene rings is 1. The first kappa shape index (κ1) is 21.9. The highest BCUT2D eigenvalue weighted by Gasteiger charge is 2.33. The molecule has 158 valence electrons. The number of carboxylic acids is 2. The number of sulfone groups is 1. The Labute approximate surface area is 163 Å². The summed E-state index contributed by atoms with van der Waals surface area (Å²) < 4.78 is 30.2. The summed E-state index contributed by atoms with van der Waals surface area (Å²) in [5.41, 5.74) is 1.98. The molecule has 2 rings (SSSR count). The molecule has 14 heteroatoms. The molecule has 0 aliphatic carbocycles. The fourth-order valence-electron chi connectivity index (χ4n) is 2.16. The minimum Gasteiger partial charge on any atom is -0.731 e. The van der Waals surface area contributed by atoms with Gasteiger partial charge in [-0.1, -0.05) is 18.2 Å². The number of amides is 1. The van der Waals surface area contributed by atoms with Gasteiger partial charge in [0.15, 0.2) is 0 Å². The monoisotopic (exact) mass is 430 g/mol. The number of carbonyl (C=O) groups is 3. The topological polar surface area (TPSA) is 195 Å². The van der Waals surface area contributed by atoms with Crippen molar-refractivity contribution in [2.45, 2.75) is 23.8 Å². The summed E-state index contributed by atoms with van der Waals surface area (Å²) in [5.74, 6) is -4.37. The lowest BCUT2D eigenvalue weighted by molar-refractivity contribution is -0.147. The van der Waals surface area contributed by atoms with E-state index in [1.165, 1.54) is 24.3 Å². The van der Waals surface area contributed by atoms with Crippen molar-refractivity contribution in [2.24, 2.45) is 0 Å². The highest BCUT2D eigenvalue weighted by molar-refractivity contribution is 7.95. The predicted molar refractivity (Wildman–Crippen MR) is 92.5 cm³/mol. The van der Waals surface area contributed by atoms with Crippen LogP contribution in [0, 0.1) is 5.21 Å². The molecule has 1 aliphatic rings. The molecule has 1 aromatic carbocycles. The maximum absolute atomic E-state index is 12.6. The normalized spacial score (nSPS) is 14.9. The third-order valence-corrected chi connectivity index (χ3v) is 5.21. The van der Waals surface area contributed by atoms with Crippen molar-refractivity contribution in [3.8, 4) is 0 Å². The molecule has 29 heavy (non-hydrogen) atoms. The minimum atomic E-state index is -4.29. The van der Waals surface area contributed by atoms with Crippen molar-refractivity contribution >= 4 is 27.7 Å². The molecule has 1 aromatic rings. The van der Waals surface area contributed by atoms with Gasteiger partial charge < -0.3 is 25.5 Å². The second-order valence-corrected chi connectivity index (χ2v) is 7.42. The van der Waals surface area contributed by atoms with Crippen LogP contribution in [0.25, 0.3) is 0 Å². The average Bonchev–Trinajstić information content (AvgIpc) is 3.02. The third-order valence-electron chi connectivity index (χ3n) is 3.48. The van der Waals surface area contributed by atoms with Crippen LogP contribution in [0.15, 0.2) is 46.1 Å². The van der Waals surface area contributed by atoms with Gasteiger partial charge in [0.05, 0.1) is 24.3 Å². The average molecular weight is 430 g/mol. The number of hydrogen-bond acceptors (Lipinski definition) is 10. The molecule has 1 atom stereocenters. The summed E-state index contributed by atoms with van der Waals surface area (Å²) in [6, 6.07) is 5.36. The van der Waals surface area contributed by atoms with Crippen LogP contribution in [-0.2, 0) is 33.9 Å². The number of hydrogen-bond donors (Lipinski definition) is 4. The van der Waals surface area contributed by atoms with Gasteiger partial charge in [-0.2, -0.15) is 4.94 Å². The minimum absolute atomic E-state index is 0.194. The van der Waals surface area contributed by atoms with Crippen molar-refractivity contribution in [3.63, 3.8) is 0 Å². The van der Waals surface area contributed by atoms with Gasteiger partial charge in [-0.3, -0.25) is 14.8 Å². The van der Waals surface area contributed by atoms with E-state index in [9.17, 15) is 28.0 Å². The Morgan fingerprint density at radius 2 is 1.90 bits per heavy atom. The number of ether oxygens (including phenoxy) is 1. The van der Waals surface area contributed by atoms with E-state index in [1.807, 2.05) is 10.8 Å². The van der Waals surface area contributed by atoms with Crippen LogP contribution in [0.1, 0.15) is 12.8 Å². The van der Waals surface area contributed by atoms with E-state index in [0.29, 0.717) is 0 Å². The number of carboxylic acid groups (broad SMARTS) is 2. The molecule has 1 amide bonds. The zero-order chi connectivity index (χ0) is 21.6. The molecule has 0 bridgehead atoms. The van der Waals surface area contributed by atoms with Crippen LogP contribution in [0.4, 0.5) is 0 Å². The zero-order valence-electron chi connectivity index (χ0n) is 14.6. The largest absolute Gasteiger partial charge is 0.731 e. The second kappa shape index (κ2) is 9.22. The van der Waals surface area contributed by atoms with Gasteiger partial charge in [0, 0.05) is 0 Å². The van der Waals surface area contributed by atoms with E-state index in [4.69, 9.17) is 14.9 Å². The second-order valence-electron chi connectivity index (χ2n) is 5.56. The van der Waals surface area contributed by atoms with Gasteiger partial charge in [-0.05, 0) is 12.1 Å². The van der Waals surface area contributed by atoms with Crippen LogP contribution in [0.5, 0.6) is 0 Å². The smallest absolute Gasteiger partial charge is 0.326 e. The lowest BCUT2D eigenvalue weighted by Gasteiger charge is -2.22. The Kier molecular flexibility index (Phi) is 6.98. The summed E-state index contributed by atoms with van der Waals surface area (Å²) >= 11 is 0. The number of aliphatic carboxylic acids is 2. The summed E-state index contributed by atoms with van der Waals surface area (Å²) in [5, 5.41) is 30.1. The van der Waals surface area contributed by atoms with E-state index in [1.54, 1.807) is 6.07 Å². The summed E-state index contributed by atoms with van der Waals surface area (Å²) in [7, 11) is -4.29. The first-order valence-electron chi connectivity index (χ1n) is 7.94. The Morgan fingerprint density at radius 3 is 2.48 bits per heavy atom. The Morgan fingerprint density at radius 1 is 1.24 bits per heavy atom. The van der Waals surface area contributed by atoms with E-state index in [2.05, 4.69) is 4.94 Å². The van der Waals surface area contributed by atoms with Crippen LogP contribution in [0.3, 0.4) is 0 Å². The van der Waals surface area contributed by atoms with E-state index in [0.717, 1.165) is 0 Å². The lowest BCUT2D eigenvalue weighted by atomic mass is 10.2. The van der Waals surface area contributed by atoms with E-state index < -0.39 is 64.1 Å². The Bertz CT molecular complexity index is 916. The quantitative estimate of drug-likeness (QED) is 0.364. The highest BCUT2D eigenvalue weighted by atomic mass is 32.2. The summed E-state index contributed by atoms with van der Waals surface area (Å²) in [4.78, 5) is 37.5. The van der Waals surface area contributed by atoms with Crippen molar-refractivity contribution < 1.29 is 42.7 Å². The summed E-state index contributed by atoms with van der Waals surface area (Å²) in [6.07, 6.45) is -1.28. The lowest BCUT2D eigenvalue weighted by Crippen LogP contribution is -2.42. The molecule has 0 saturated heterocycles.